The summed E-state index contributed by atoms with van der Waals surface area (Å²) in [5.41, 5.74) is 2.65. The minimum absolute atomic E-state index is 0.00240. The summed E-state index contributed by atoms with van der Waals surface area (Å²) in [6.07, 6.45) is 6.51. The third kappa shape index (κ3) is 1.51. The third-order valence-corrected chi connectivity index (χ3v) is 2.86. The first kappa shape index (κ1) is 8.47. The molecule has 0 saturated carbocycles. The molecule has 16 heavy (non-hydrogen) atoms. The van der Waals surface area contributed by atoms with E-state index in [9.17, 15) is 0 Å². The van der Waals surface area contributed by atoms with E-state index in [0.29, 0.717) is 17.2 Å². The van der Waals surface area contributed by atoms with Gasteiger partial charge in [-0.2, -0.15) is 5.10 Å². The Morgan fingerprint density at radius 3 is 3.25 bits per heavy atom. The number of rotatable bonds is 1. The van der Waals surface area contributed by atoms with Gasteiger partial charge in [0.05, 0.1) is 11.6 Å². The number of halogens is 1. The second-order valence-electron chi connectivity index (χ2n) is 3.53. The molecule has 0 bridgehead atoms. The van der Waals surface area contributed by atoms with Crippen molar-refractivity contribution in [1.29, 1.82) is 0 Å². The molecule has 3 rings (SSSR count). The maximum atomic E-state index is 7.39. The van der Waals surface area contributed by atoms with E-state index in [2.05, 4.69) is 15.1 Å². The Morgan fingerprint density at radius 1 is 1.50 bits per heavy atom. The van der Waals surface area contributed by atoms with Crippen molar-refractivity contribution in [2.75, 3.05) is 6.54 Å². The zero-order valence-electron chi connectivity index (χ0n) is 9.39. The molecule has 80 valence electrons. The molecule has 0 aromatic carbocycles. The highest BCUT2D eigenvalue weighted by atomic mass is 35.5. The maximum absolute atomic E-state index is 7.39. The average Bonchev–Trinajstić information content (AvgIpc) is 2.68. The number of allylic oxidation sites excluding steroid dienone is 1. The minimum atomic E-state index is -0.00240. The fourth-order valence-electron chi connectivity index (χ4n) is 1.73. The summed E-state index contributed by atoms with van der Waals surface area (Å²) in [5, 5.41) is 4.59. The van der Waals surface area contributed by atoms with Crippen LogP contribution in [0, 0.1) is 0 Å². The van der Waals surface area contributed by atoms with Crippen LogP contribution < -0.4 is 0 Å². The quantitative estimate of drug-likeness (QED) is 0.758. The van der Waals surface area contributed by atoms with E-state index in [1.807, 2.05) is 18.5 Å². The number of hydrogen-bond acceptors (Lipinski definition) is 3. The zero-order chi connectivity index (χ0) is 11.8. The Hall–Kier alpha value is -1.68. The van der Waals surface area contributed by atoms with Gasteiger partial charge in [-0.25, -0.2) is 9.50 Å². The predicted octanol–water partition coefficient (Wildman–Crippen LogP) is 2.24. The summed E-state index contributed by atoms with van der Waals surface area (Å²) < 4.78 is 8.97. The first-order valence-corrected chi connectivity index (χ1v) is 5.32. The van der Waals surface area contributed by atoms with Crippen molar-refractivity contribution in [1.82, 2.24) is 14.6 Å². The third-order valence-electron chi connectivity index (χ3n) is 2.55. The van der Waals surface area contributed by atoms with Gasteiger partial charge in [-0.15, -0.1) is 0 Å². The van der Waals surface area contributed by atoms with Gasteiger partial charge in [-0.3, -0.25) is 4.99 Å². The van der Waals surface area contributed by atoms with Crippen molar-refractivity contribution in [2.24, 2.45) is 4.99 Å². The summed E-state index contributed by atoms with van der Waals surface area (Å²) in [6.45, 7) is 0.685. The Kier molecular flexibility index (Phi) is 1.97. The van der Waals surface area contributed by atoms with E-state index in [4.69, 9.17) is 13.0 Å². The maximum Gasteiger partial charge on any atom is 0.156 e. The van der Waals surface area contributed by atoms with Crippen LogP contribution in [0.2, 0.25) is 5.02 Å². The van der Waals surface area contributed by atoms with Crippen LogP contribution in [-0.2, 0) is 0 Å². The van der Waals surface area contributed by atoms with Gasteiger partial charge < -0.3 is 0 Å². The molecule has 0 unspecified atom stereocenters. The topological polar surface area (TPSA) is 42.5 Å². The molecule has 2 aromatic rings. The fraction of sp³-hybridized carbons (Fsp3) is 0.182. The van der Waals surface area contributed by atoms with Gasteiger partial charge in [0, 0.05) is 30.5 Å². The fourth-order valence-corrected chi connectivity index (χ4v) is 2.00. The van der Waals surface area contributed by atoms with E-state index >= 15 is 0 Å². The number of aromatic nitrogens is 3. The summed E-state index contributed by atoms with van der Waals surface area (Å²) >= 11 is 6.22. The van der Waals surface area contributed by atoms with Gasteiger partial charge in [0.15, 0.2) is 5.65 Å². The number of nitrogens with zero attached hydrogens (tertiary/aromatic N) is 4. The second-order valence-corrected chi connectivity index (χ2v) is 3.94. The number of fused-ring (bicyclic) bond motifs is 1. The van der Waals surface area contributed by atoms with Gasteiger partial charge in [-0.05, 0) is 5.57 Å². The molecular formula is C11H9ClN4. The van der Waals surface area contributed by atoms with Crippen molar-refractivity contribution >= 4 is 29.0 Å². The van der Waals surface area contributed by atoms with Crippen molar-refractivity contribution in [3.05, 3.63) is 35.2 Å². The van der Waals surface area contributed by atoms with E-state index in [0.717, 1.165) is 17.6 Å². The lowest BCUT2D eigenvalue weighted by molar-refractivity contribution is 0.956. The first-order chi connectivity index (χ1) is 8.24. The highest BCUT2D eigenvalue weighted by molar-refractivity contribution is 6.32. The lowest BCUT2D eigenvalue weighted by Crippen LogP contribution is -1.98. The van der Waals surface area contributed by atoms with Crippen molar-refractivity contribution in [2.45, 2.75) is 6.42 Å². The first-order valence-electron chi connectivity index (χ1n) is 5.44. The highest BCUT2D eigenvalue weighted by Crippen LogP contribution is 2.27. The van der Waals surface area contributed by atoms with Crippen LogP contribution in [0.3, 0.4) is 0 Å². The summed E-state index contributed by atoms with van der Waals surface area (Å²) in [5.74, 6) is 0. The molecule has 0 N–H and O–H groups in total. The van der Waals surface area contributed by atoms with E-state index in [1.54, 1.807) is 10.6 Å². The van der Waals surface area contributed by atoms with Crippen molar-refractivity contribution < 1.29 is 1.37 Å². The Bertz CT molecular complexity index is 644. The van der Waals surface area contributed by atoms with Crippen molar-refractivity contribution in [3.63, 3.8) is 0 Å². The minimum Gasteiger partial charge on any atom is -0.293 e. The number of dihydropyridines is 1. The lowest BCUT2D eigenvalue weighted by Gasteiger charge is -2.10. The van der Waals surface area contributed by atoms with E-state index in [1.165, 1.54) is 0 Å². The summed E-state index contributed by atoms with van der Waals surface area (Å²) in [7, 11) is 0. The van der Waals surface area contributed by atoms with Crippen LogP contribution in [-0.4, -0.2) is 27.4 Å². The molecule has 0 saturated heterocycles. The van der Waals surface area contributed by atoms with Crippen LogP contribution in [0.5, 0.6) is 0 Å². The lowest BCUT2D eigenvalue weighted by atomic mass is 10.0. The molecule has 0 radical (unpaired) electrons. The molecule has 1 aliphatic heterocycles. The number of hydrogen-bond donors (Lipinski definition) is 0. The monoisotopic (exact) mass is 233 g/mol. The Balaban J connectivity index is 2.15. The molecule has 2 aromatic heterocycles. The SMILES string of the molecule is [2H]c1nc2cc(Cl)c(C3=CCN=CC3)cn2n1. The average molecular weight is 234 g/mol. The van der Waals surface area contributed by atoms with Crippen LogP contribution in [0.15, 0.2) is 29.6 Å². The molecular weight excluding hydrogens is 224 g/mol. The molecule has 0 aliphatic carbocycles. The largest absolute Gasteiger partial charge is 0.293 e. The van der Waals surface area contributed by atoms with E-state index < -0.39 is 0 Å². The number of pyridine rings is 1. The molecule has 0 spiro atoms. The van der Waals surface area contributed by atoms with Gasteiger partial charge in [0.1, 0.15) is 7.67 Å². The summed E-state index contributed by atoms with van der Waals surface area (Å²) in [6, 6.07) is 1.73. The zero-order valence-corrected chi connectivity index (χ0v) is 9.15. The van der Waals surface area contributed by atoms with E-state index in [-0.39, 0.29) is 6.30 Å². The van der Waals surface area contributed by atoms with Crippen LogP contribution >= 0.6 is 11.6 Å². The van der Waals surface area contributed by atoms with Gasteiger partial charge in [0.25, 0.3) is 0 Å². The normalized spacial score (nSPS) is 16.3. The second kappa shape index (κ2) is 3.72. The Labute approximate surface area is 98.7 Å². The molecule has 5 heteroatoms. The smallest absolute Gasteiger partial charge is 0.156 e. The molecule has 1 aliphatic rings. The molecule has 0 amide bonds. The number of aliphatic imine (C=N–C) groups is 1. The van der Waals surface area contributed by atoms with Crippen LogP contribution in [0.25, 0.3) is 11.2 Å². The molecule has 3 heterocycles. The Morgan fingerprint density at radius 2 is 2.44 bits per heavy atom. The van der Waals surface area contributed by atoms with Gasteiger partial charge in [0.2, 0.25) is 0 Å². The molecule has 0 atom stereocenters. The van der Waals surface area contributed by atoms with Crippen molar-refractivity contribution in [3.8, 4) is 0 Å². The summed E-state index contributed by atoms with van der Waals surface area (Å²) in [4.78, 5) is 8.09. The van der Waals surface area contributed by atoms with Crippen LogP contribution in [0.4, 0.5) is 0 Å². The highest BCUT2D eigenvalue weighted by Gasteiger charge is 2.10. The van der Waals surface area contributed by atoms with Gasteiger partial charge in [-0.1, -0.05) is 17.7 Å². The molecule has 0 fully saturated rings. The van der Waals surface area contributed by atoms with Gasteiger partial charge >= 0.3 is 0 Å². The molecule has 4 nitrogen and oxygen atoms in total. The standard InChI is InChI=1S/C11H9ClN4/c12-10-5-11-14-7-15-16(11)6-9(10)8-1-3-13-4-2-8/h1,4-7H,2-3H2/i7D. The van der Waals surface area contributed by atoms with Crippen LogP contribution in [0.1, 0.15) is 13.4 Å². The predicted molar refractivity (Wildman–Crippen MR) is 64.0 cm³/mol.